The molecule has 0 radical (unpaired) electrons. The van der Waals surface area contributed by atoms with Crippen LogP contribution in [0.2, 0.25) is 10.0 Å². The van der Waals surface area contributed by atoms with Crippen LogP contribution in [0.5, 0.6) is 17.2 Å². The molecule has 0 aromatic heterocycles. The van der Waals surface area contributed by atoms with Crippen LogP contribution < -0.4 is 19.9 Å². The molecule has 0 aliphatic rings. The van der Waals surface area contributed by atoms with Crippen molar-refractivity contribution in [2.24, 2.45) is 5.73 Å². The number of hydrogen-bond donors (Lipinski definition) is 1. The Hall–Kier alpha value is -1.62. The van der Waals surface area contributed by atoms with Gasteiger partial charge in [0.05, 0.1) is 12.1 Å². The molecule has 0 atom stereocenters. The van der Waals surface area contributed by atoms with Crippen LogP contribution in [0.3, 0.4) is 0 Å². The van der Waals surface area contributed by atoms with Crippen molar-refractivity contribution in [1.82, 2.24) is 0 Å². The standard InChI is InChI=1S/C16H17Cl2NO3/c1-20-14-5-2-11(10-19)8-16(14)22-7-6-21-15-9-12(17)3-4-13(15)18/h2-5,8-9H,6-7,10,19H2,1H3. The van der Waals surface area contributed by atoms with Crippen LogP contribution >= 0.6 is 23.2 Å². The lowest BCUT2D eigenvalue weighted by molar-refractivity contribution is 0.211. The average molecular weight is 342 g/mol. The summed E-state index contributed by atoms with van der Waals surface area (Å²) in [5, 5.41) is 1.07. The minimum absolute atomic E-state index is 0.329. The summed E-state index contributed by atoms with van der Waals surface area (Å²) in [5.41, 5.74) is 6.59. The van der Waals surface area contributed by atoms with Gasteiger partial charge < -0.3 is 19.9 Å². The zero-order valence-corrected chi connectivity index (χ0v) is 13.7. The van der Waals surface area contributed by atoms with Gasteiger partial charge in [0.15, 0.2) is 11.5 Å². The molecule has 0 aliphatic carbocycles. The maximum absolute atomic E-state index is 6.02. The minimum Gasteiger partial charge on any atom is -0.493 e. The summed E-state index contributed by atoms with van der Waals surface area (Å²) < 4.78 is 16.5. The van der Waals surface area contributed by atoms with E-state index in [0.717, 1.165) is 5.56 Å². The van der Waals surface area contributed by atoms with Gasteiger partial charge in [-0.05, 0) is 29.8 Å². The van der Waals surface area contributed by atoms with Crippen molar-refractivity contribution in [3.63, 3.8) is 0 Å². The van der Waals surface area contributed by atoms with Crippen molar-refractivity contribution in [3.8, 4) is 17.2 Å². The molecule has 0 amide bonds. The van der Waals surface area contributed by atoms with E-state index in [2.05, 4.69) is 0 Å². The predicted octanol–water partition coefficient (Wildman–Crippen LogP) is 3.92. The quantitative estimate of drug-likeness (QED) is 0.775. The maximum Gasteiger partial charge on any atom is 0.161 e. The second-order valence-electron chi connectivity index (χ2n) is 4.46. The summed E-state index contributed by atoms with van der Waals surface area (Å²) in [6.45, 7) is 1.11. The monoisotopic (exact) mass is 341 g/mol. The SMILES string of the molecule is COc1ccc(CN)cc1OCCOc1cc(Cl)ccc1Cl. The first-order valence-corrected chi connectivity index (χ1v) is 7.47. The number of benzene rings is 2. The van der Waals surface area contributed by atoms with Crippen molar-refractivity contribution < 1.29 is 14.2 Å². The number of halogens is 2. The van der Waals surface area contributed by atoms with E-state index in [0.29, 0.717) is 47.1 Å². The highest BCUT2D eigenvalue weighted by Crippen LogP contribution is 2.29. The van der Waals surface area contributed by atoms with Gasteiger partial charge in [0.25, 0.3) is 0 Å². The molecule has 0 bridgehead atoms. The fourth-order valence-electron chi connectivity index (χ4n) is 1.85. The average Bonchev–Trinajstić information content (AvgIpc) is 2.54. The summed E-state index contributed by atoms with van der Waals surface area (Å²) in [4.78, 5) is 0. The molecule has 0 spiro atoms. The second-order valence-corrected chi connectivity index (χ2v) is 5.30. The number of methoxy groups -OCH3 is 1. The Kier molecular flexibility index (Phi) is 6.19. The van der Waals surface area contributed by atoms with Crippen LogP contribution in [-0.4, -0.2) is 20.3 Å². The molecule has 2 rings (SSSR count). The Morgan fingerprint density at radius 3 is 2.32 bits per heavy atom. The molecule has 2 aromatic carbocycles. The van der Waals surface area contributed by atoms with E-state index in [4.69, 9.17) is 43.1 Å². The molecule has 0 saturated carbocycles. The zero-order chi connectivity index (χ0) is 15.9. The zero-order valence-electron chi connectivity index (χ0n) is 12.1. The second kappa shape index (κ2) is 8.13. The van der Waals surface area contributed by atoms with Crippen LogP contribution in [0.15, 0.2) is 36.4 Å². The van der Waals surface area contributed by atoms with E-state index in [9.17, 15) is 0 Å². The topological polar surface area (TPSA) is 53.7 Å². The first-order valence-electron chi connectivity index (χ1n) is 6.71. The summed E-state index contributed by atoms with van der Waals surface area (Å²) in [7, 11) is 1.59. The largest absolute Gasteiger partial charge is 0.493 e. The molecular formula is C16H17Cl2NO3. The van der Waals surface area contributed by atoms with E-state index in [1.807, 2.05) is 18.2 Å². The highest BCUT2D eigenvalue weighted by molar-refractivity contribution is 6.34. The molecule has 2 aromatic rings. The van der Waals surface area contributed by atoms with Crippen LogP contribution in [0, 0.1) is 0 Å². The first-order chi connectivity index (χ1) is 10.6. The van der Waals surface area contributed by atoms with Gasteiger partial charge in [-0.2, -0.15) is 0 Å². The number of ether oxygens (including phenoxy) is 3. The Bertz CT molecular complexity index is 635. The summed E-state index contributed by atoms with van der Waals surface area (Å²) in [5.74, 6) is 1.81. The molecule has 0 saturated heterocycles. The van der Waals surface area contributed by atoms with Crippen molar-refractivity contribution in [3.05, 3.63) is 52.0 Å². The maximum atomic E-state index is 6.02. The van der Waals surface area contributed by atoms with Gasteiger partial charge >= 0.3 is 0 Å². The van der Waals surface area contributed by atoms with Gasteiger partial charge in [-0.15, -0.1) is 0 Å². The fourth-order valence-corrected chi connectivity index (χ4v) is 2.19. The van der Waals surface area contributed by atoms with Gasteiger partial charge in [-0.3, -0.25) is 0 Å². The third kappa shape index (κ3) is 4.44. The summed E-state index contributed by atoms with van der Waals surface area (Å²) in [6, 6.07) is 10.6. The normalized spacial score (nSPS) is 10.4. The molecular weight excluding hydrogens is 325 g/mol. The molecule has 6 heteroatoms. The summed E-state index contributed by atoms with van der Waals surface area (Å²) in [6.07, 6.45) is 0. The van der Waals surface area contributed by atoms with E-state index in [-0.39, 0.29) is 0 Å². The summed E-state index contributed by atoms with van der Waals surface area (Å²) >= 11 is 11.9. The van der Waals surface area contributed by atoms with Crippen molar-refractivity contribution in [2.45, 2.75) is 6.54 Å². The van der Waals surface area contributed by atoms with Crippen molar-refractivity contribution >= 4 is 23.2 Å². The van der Waals surface area contributed by atoms with E-state index in [1.54, 1.807) is 25.3 Å². The van der Waals surface area contributed by atoms with Crippen LogP contribution in [0.4, 0.5) is 0 Å². The van der Waals surface area contributed by atoms with Crippen molar-refractivity contribution in [1.29, 1.82) is 0 Å². The van der Waals surface area contributed by atoms with Gasteiger partial charge in [0.1, 0.15) is 19.0 Å². The molecule has 4 nitrogen and oxygen atoms in total. The highest BCUT2D eigenvalue weighted by atomic mass is 35.5. The number of hydrogen-bond acceptors (Lipinski definition) is 4. The molecule has 22 heavy (non-hydrogen) atoms. The molecule has 0 aliphatic heterocycles. The highest BCUT2D eigenvalue weighted by Gasteiger charge is 2.06. The fraction of sp³-hybridized carbons (Fsp3) is 0.250. The van der Waals surface area contributed by atoms with E-state index < -0.39 is 0 Å². The van der Waals surface area contributed by atoms with E-state index >= 15 is 0 Å². The lowest BCUT2D eigenvalue weighted by Gasteiger charge is -2.13. The lowest BCUT2D eigenvalue weighted by Crippen LogP contribution is -2.10. The van der Waals surface area contributed by atoms with Crippen LogP contribution in [0.25, 0.3) is 0 Å². The molecule has 118 valence electrons. The first kappa shape index (κ1) is 16.7. The Balaban J connectivity index is 1.92. The number of nitrogens with two attached hydrogens (primary N) is 1. The molecule has 0 heterocycles. The van der Waals surface area contributed by atoms with Gasteiger partial charge in [-0.25, -0.2) is 0 Å². The number of rotatable bonds is 7. The Labute approximate surface area is 139 Å². The molecule has 2 N–H and O–H groups in total. The van der Waals surface area contributed by atoms with E-state index in [1.165, 1.54) is 0 Å². The molecule has 0 unspecified atom stereocenters. The third-order valence-corrected chi connectivity index (χ3v) is 3.50. The van der Waals surface area contributed by atoms with Gasteiger partial charge in [0.2, 0.25) is 0 Å². The third-order valence-electron chi connectivity index (χ3n) is 2.96. The lowest BCUT2D eigenvalue weighted by atomic mass is 10.2. The van der Waals surface area contributed by atoms with Crippen LogP contribution in [-0.2, 0) is 6.54 Å². The van der Waals surface area contributed by atoms with Gasteiger partial charge in [0, 0.05) is 17.6 Å². The Morgan fingerprint density at radius 1 is 0.909 bits per heavy atom. The molecule has 0 fully saturated rings. The minimum atomic E-state index is 0.329. The predicted molar refractivity (Wildman–Crippen MR) is 88.3 cm³/mol. The van der Waals surface area contributed by atoms with Crippen molar-refractivity contribution in [2.75, 3.05) is 20.3 Å². The Morgan fingerprint density at radius 2 is 1.64 bits per heavy atom. The smallest absolute Gasteiger partial charge is 0.161 e. The van der Waals surface area contributed by atoms with Crippen LogP contribution in [0.1, 0.15) is 5.56 Å². The van der Waals surface area contributed by atoms with Gasteiger partial charge in [-0.1, -0.05) is 29.3 Å².